The lowest BCUT2D eigenvalue weighted by Gasteiger charge is -2.28. The van der Waals surface area contributed by atoms with E-state index in [-0.39, 0.29) is 5.28 Å². The van der Waals surface area contributed by atoms with Gasteiger partial charge in [-0.1, -0.05) is 0 Å². The SMILES string of the molecule is Clc1nc(N2CCOCC2)c2c(ncn2PI)n1. The molecular weight excluding hydrogens is 387 g/mol. The quantitative estimate of drug-likeness (QED) is 0.441. The lowest BCUT2D eigenvalue weighted by Crippen LogP contribution is -2.37. The van der Waals surface area contributed by atoms with Gasteiger partial charge in [-0.3, -0.25) is 4.34 Å². The maximum Gasteiger partial charge on any atom is 0.226 e. The highest BCUT2D eigenvalue weighted by Crippen LogP contribution is 2.33. The van der Waals surface area contributed by atoms with Crippen molar-refractivity contribution < 1.29 is 4.74 Å². The molecule has 2 aromatic heterocycles. The van der Waals surface area contributed by atoms with E-state index < -0.39 is 0 Å². The van der Waals surface area contributed by atoms with E-state index in [4.69, 9.17) is 16.3 Å². The summed E-state index contributed by atoms with van der Waals surface area (Å²) in [5.74, 6) is 0.856. The molecule has 1 aliphatic heterocycles. The third-order valence-electron chi connectivity index (χ3n) is 2.76. The van der Waals surface area contributed by atoms with E-state index >= 15 is 0 Å². The average molecular weight is 398 g/mol. The second-order valence-electron chi connectivity index (χ2n) is 3.79. The zero-order chi connectivity index (χ0) is 12.5. The minimum atomic E-state index is 0.242. The summed E-state index contributed by atoms with van der Waals surface area (Å²) >= 11 is 8.28. The van der Waals surface area contributed by atoms with Crippen molar-refractivity contribution in [2.24, 2.45) is 0 Å². The molecule has 96 valence electrons. The Hall–Kier alpha value is -0.240. The Morgan fingerprint density at radius 2 is 2.11 bits per heavy atom. The van der Waals surface area contributed by atoms with Gasteiger partial charge in [0.25, 0.3) is 0 Å². The fraction of sp³-hybridized carbons (Fsp3) is 0.444. The Balaban J connectivity index is 2.15. The Labute approximate surface area is 123 Å². The molecule has 0 saturated carbocycles. The summed E-state index contributed by atoms with van der Waals surface area (Å²) in [4.78, 5) is 15.0. The van der Waals surface area contributed by atoms with Crippen molar-refractivity contribution in [1.82, 2.24) is 19.3 Å². The lowest BCUT2D eigenvalue weighted by atomic mass is 10.4. The molecule has 1 fully saturated rings. The molecule has 0 bridgehead atoms. The predicted molar refractivity (Wildman–Crippen MR) is 81.1 cm³/mol. The highest BCUT2D eigenvalue weighted by atomic mass is 127. The summed E-state index contributed by atoms with van der Waals surface area (Å²) in [6, 6.07) is 0. The van der Waals surface area contributed by atoms with Crippen LogP contribution in [0, 0.1) is 0 Å². The number of imidazole rings is 1. The van der Waals surface area contributed by atoms with E-state index in [2.05, 4.69) is 46.2 Å². The molecule has 18 heavy (non-hydrogen) atoms. The number of hydrogen-bond acceptors (Lipinski definition) is 5. The monoisotopic (exact) mass is 397 g/mol. The van der Waals surface area contributed by atoms with Crippen LogP contribution in [0.4, 0.5) is 5.82 Å². The van der Waals surface area contributed by atoms with E-state index in [1.165, 1.54) is 0 Å². The molecule has 0 spiro atoms. The third kappa shape index (κ3) is 2.29. The highest BCUT2D eigenvalue weighted by Gasteiger charge is 2.20. The van der Waals surface area contributed by atoms with Crippen LogP contribution in [0.5, 0.6) is 0 Å². The minimum Gasteiger partial charge on any atom is -0.378 e. The van der Waals surface area contributed by atoms with Crippen molar-refractivity contribution in [2.75, 3.05) is 31.2 Å². The molecule has 3 rings (SSSR count). The summed E-state index contributed by atoms with van der Waals surface area (Å²) in [5.41, 5.74) is 1.61. The Morgan fingerprint density at radius 3 is 2.83 bits per heavy atom. The van der Waals surface area contributed by atoms with Gasteiger partial charge < -0.3 is 9.64 Å². The molecule has 1 atom stereocenters. The molecule has 0 aliphatic carbocycles. The van der Waals surface area contributed by atoms with Crippen LogP contribution in [0.2, 0.25) is 5.28 Å². The standard InChI is InChI=1S/C9H10ClIN5OP/c10-9-13-7-6(16(18-11)5-12-7)8(14-9)15-1-3-17-4-2-15/h5,18H,1-4H2. The second-order valence-corrected chi connectivity index (χ2v) is 6.22. The number of anilines is 1. The van der Waals surface area contributed by atoms with E-state index in [0.29, 0.717) is 25.2 Å². The van der Waals surface area contributed by atoms with E-state index in [0.717, 1.165) is 24.4 Å². The molecule has 6 nitrogen and oxygen atoms in total. The topological polar surface area (TPSA) is 56.1 Å². The molecule has 0 N–H and O–H groups in total. The Morgan fingerprint density at radius 1 is 1.33 bits per heavy atom. The van der Waals surface area contributed by atoms with Crippen molar-refractivity contribution in [1.29, 1.82) is 0 Å². The molecular formula is C9H10ClIN5OP. The highest BCUT2D eigenvalue weighted by molar-refractivity contribution is 14.2. The Kier molecular flexibility index (Phi) is 3.83. The van der Waals surface area contributed by atoms with Gasteiger partial charge in [0.2, 0.25) is 5.28 Å². The number of rotatable bonds is 2. The molecule has 9 heteroatoms. The maximum absolute atomic E-state index is 5.97. The normalized spacial score (nSPS) is 17.1. The first-order chi connectivity index (χ1) is 8.79. The van der Waals surface area contributed by atoms with Crippen molar-refractivity contribution in [2.45, 2.75) is 0 Å². The molecule has 0 aromatic carbocycles. The van der Waals surface area contributed by atoms with Crippen LogP contribution in [0.15, 0.2) is 6.33 Å². The van der Waals surface area contributed by atoms with Crippen molar-refractivity contribution >= 4 is 57.0 Å². The number of ether oxygens (including phenoxy) is 1. The largest absolute Gasteiger partial charge is 0.378 e. The predicted octanol–water partition coefficient (Wildman–Crippen LogP) is 2.11. The van der Waals surface area contributed by atoms with Crippen LogP contribution in [0.1, 0.15) is 0 Å². The molecule has 1 aliphatic rings. The summed E-state index contributed by atoms with van der Waals surface area (Å²) < 4.78 is 7.41. The summed E-state index contributed by atoms with van der Waals surface area (Å²) in [5, 5.41) is 0.242. The van der Waals surface area contributed by atoms with Crippen LogP contribution in [-0.2, 0) is 4.74 Å². The minimum absolute atomic E-state index is 0.242. The summed E-state index contributed by atoms with van der Waals surface area (Å²) in [6.07, 6.45) is 2.34. The van der Waals surface area contributed by atoms with Gasteiger partial charge in [-0.15, -0.1) is 0 Å². The number of aromatic nitrogens is 4. The number of morpholine rings is 1. The van der Waals surface area contributed by atoms with Crippen molar-refractivity contribution in [3.8, 4) is 0 Å². The lowest BCUT2D eigenvalue weighted by molar-refractivity contribution is 0.122. The third-order valence-corrected chi connectivity index (χ3v) is 5.01. The molecule has 1 saturated heterocycles. The van der Waals surface area contributed by atoms with Gasteiger partial charge in [0.15, 0.2) is 11.5 Å². The number of fused-ring (bicyclic) bond motifs is 1. The molecule has 1 unspecified atom stereocenters. The average Bonchev–Trinajstić information content (AvgIpc) is 2.81. The van der Waals surface area contributed by atoms with E-state index in [1.807, 2.05) is 0 Å². The first kappa shape index (κ1) is 12.8. The second kappa shape index (κ2) is 5.40. The van der Waals surface area contributed by atoms with Gasteiger partial charge in [0.1, 0.15) is 11.8 Å². The van der Waals surface area contributed by atoms with Crippen LogP contribution in [0.25, 0.3) is 11.2 Å². The first-order valence-corrected chi connectivity index (χ1v) is 9.83. The van der Waals surface area contributed by atoms with E-state index in [9.17, 15) is 0 Å². The van der Waals surface area contributed by atoms with E-state index in [1.54, 1.807) is 6.33 Å². The molecule has 2 aromatic rings. The molecule has 0 amide bonds. The fourth-order valence-electron chi connectivity index (χ4n) is 1.94. The number of hydrogen-bond donors (Lipinski definition) is 0. The zero-order valence-electron chi connectivity index (χ0n) is 9.31. The molecule has 0 radical (unpaired) electrons. The fourth-order valence-corrected chi connectivity index (χ4v) is 3.58. The number of nitrogens with zero attached hydrogens (tertiary/aromatic N) is 5. The van der Waals surface area contributed by atoms with Crippen LogP contribution in [-0.4, -0.2) is 45.6 Å². The van der Waals surface area contributed by atoms with Crippen molar-refractivity contribution in [3.63, 3.8) is 0 Å². The number of halogens is 2. The summed E-state index contributed by atoms with van der Waals surface area (Å²) in [7, 11) is 0. The van der Waals surface area contributed by atoms with Gasteiger partial charge in [-0.2, -0.15) is 9.97 Å². The van der Waals surface area contributed by atoms with Gasteiger partial charge >= 0.3 is 0 Å². The smallest absolute Gasteiger partial charge is 0.226 e. The first-order valence-electron chi connectivity index (χ1n) is 5.39. The molecule has 3 heterocycles. The van der Waals surface area contributed by atoms with Gasteiger partial charge in [-0.05, 0) is 33.6 Å². The van der Waals surface area contributed by atoms with Crippen molar-refractivity contribution in [3.05, 3.63) is 11.6 Å². The summed E-state index contributed by atoms with van der Waals surface area (Å²) in [6.45, 7) is 3.06. The van der Waals surface area contributed by atoms with Gasteiger partial charge in [-0.25, -0.2) is 4.98 Å². The Bertz CT molecular complexity index is 573. The zero-order valence-corrected chi connectivity index (χ0v) is 13.2. The van der Waals surface area contributed by atoms with Crippen LogP contribution >= 0.6 is 40.0 Å². The van der Waals surface area contributed by atoms with Gasteiger partial charge in [0.05, 0.1) is 13.2 Å². The maximum atomic E-state index is 5.97. The van der Waals surface area contributed by atoms with Crippen LogP contribution in [0.3, 0.4) is 0 Å². The van der Waals surface area contributed by atoms with Crippen LogP contribution < -0.4 is 4.90 Å². The van der Waals surface area contributed by atoms with Gasteiger partial charge in [0, 0.05) is 19.5 Å².